The van der Waals surface area contributed by atoms with Gasteiger partial charge in [-0.2, -0.15) is 0 Å². The lowest BCUT2D eigenvalue weighted by Gasteiger charge is -2.15. The molecule has 0 bridgehead atoms. The number of anilines is 2. The van der Waals surface area contributed by atoms with Crippen LogP contribution >= 0.6 is 34.7 Å². The number of carbonyl (C=O) groups excluding carboxylic acids is 3. The number of amides is 3. The van der Waals surface area contributed by atoms with Gasteiger partial charge in [0.05, 0.1) is 23.4 Å². The number of nitrogens with zero attached hydrogens (tertiary/aromatic N) is 6. The average molecular weight is 763 g/mol. The molecule has 15 nitrogen and oxygen atoms in total. The Labute approximate surface area is 311 Å². The summed E-state index contributed by atoms with van der Waals surface area (Å²) in [5.74, 6) is 0.0869. The summed E-state index contributed by atoms with van der Waals surface area (Å²) in [7, 11) is 0. The third-order valence-electron chi connectivity index (χ3n) is 8.48. The van der Waals surface area contributed by atoms with Crippen LogP contribution in [-0.2, 0) is 9.59 Å². The summed E-state index contributed by atoms with van der Waals surface area (Å²) in [6.07, 6.45) is 0.0312. The minimum atomic E-state index is -0.990. The number of rotatable bonds is 10. The molecule has 4 aromatic rings. The Hall–Kier alpha value is -5.13. The molecule has 0 aliphatic carbocycles. The van der Waals surface area contributed by atoms with Crippen molar-refractivity contribution in [3.05, 3.63) is 96.4 Å². The number of amidine groups is 1. The Bertz CT molecular complexity index is 2150. The van der Waals surface area contributed by atoms with Gasteiger partial charge in [0.15, 0.2) is 11.0 Å². The van der Waals surface area contributed by atoms with E-state index in [1.165, 1.54) is 13.0 Å². The molecule has 0 saturated carbocycles. The highest BCUT2D eigenvalue weighted by atomic mass is 35.5. The van der Waals surface area contributed by atoms with Crippen LogP contribution in [0.4, 0.5) is 11.4 Å². The van der Waals surface area contributed by atoms with E-state index in [2.05, 4.69) is 50.3 Å². The number of aryl methyl sites for hydroxylation is 2. The maximum atomic E-state index is 13.4. The fourth-order valence-electron chi connectivity index (χ4n) is 5.87. The van der Waals surface area contributed by atoms with Crippen molar-refractivity contribution >= 4 is 74.7 Å². The van der Waals surface area contributed by atoms with Crippen molar-refractivity contribution < 1.29 is 19.3 Å². The van der Waals surface area contributed by atoms with Gasteiger partial charge in [0, 0.05) is 51.7 Å². The molecule has 4 N–H and O–H groups in total. The summed E-state index contributed by atoms with van der Waals surface area (Å²) in [4.78, 5) is 59.7. The molecule has 0 fully saturated rings. The SMILES string of the molecule is CC(=O)Nc1cc(NCCNC(=O)CC2N=C(c3ccc(Cl)cc3)c3c(sc(C)c3C)-n3c(C)nnc32)ccc1C(=O)NC1=NC(C)C([N+](=O)[O-])S1. The Kier molecular flexibility index (Phi) is 10.7. The van der Waals surface area contributed by atoms with Crippen molar-refractivity contribution in [2.24, 2.45) is 9.98 Å². The van der Waals surface area contributed by atoms with E-state index in [1.807, 2.05) is 35.8 Å². The van der Waals surface area contributed by atoms with Crippen LogP contribution in [0.5, 0.6) is 0 Å². The monoisotopic (exact) mass is 762 g/mol. The second kappa shape index (κ2) is 15.2. The van der Waals surface area contributed by atoms with Crippen LogP contribution in [0.2, 0.25) is 5.02 Å². The minimum Gasteiger partial charge on any atom is -0.383 e. The number of thioether (sulfide) groups is 1. The molecule has 3 amide bonds. The van der Waals surface area contributed by atoms with Gasteiger partial charge in [-0.25, -0.2) is 0 Å². The Morgan fingerprint density at radius 3 is 2.46 bits per heavy atom. The fourth-order valence-corrected chi connectivity index (χ4v) is 8.16. The molecule has 0 spiro atoms. The third kappa shape index (κ3) is 7.70. The second-order valence-corrected chi connectivity index (χ2v) is 15.0. The number of aliphatic imine (C=N–C) groups is 2. The quantitative estimate of drug-likeness (QED) is 0.0953. The van der Waals surface area contributed by atoms with Crippen LogP contribution in [0.15, 0.2) is 52.4 Å². The van der Waals surface area contributed by atoms with E-state index < -0.39 is 28.3 Å². The Morgan fingerprint density at radius 2 is 1.77 bits per heavy atom. The van der Waals surface area contributed by atoms with Crippen molar-refractivity contribution in [3.63, 3.8) is 0 Å². The summed E-state index contributed by atoms with van der Waals surface area (Å²) in [5.41, 5.74) is 4.70. The zero-order valence-electron chi connectivity index (χ0n) is 28.8. The molecule has 0 saturated heterocycles. The molecule has 18 heteroatoms. The van der Waals surface area contributed by atoms with Crippen LogP contribution in [0, 0.1) is 30.9 Å². The molecule has 52 heavy (non-hydrogen) atoms. The molecule has 3 unspecified atom stereocenters. The van der Waals surface area contributed by atoms with Crippen LogP contribution in [0.25, 0.3) is 5.00 Å². The summed E-state index contributed by atoms with van der Waals surface area (Å²) >= 11 is 8.71. The number of hydrogen-bond donors (Lipinski definition) is 4. The van der Waals surface area contributed by atoms with Gasteiger partial charge in [-0.15, -0.1) is 21.5 Å². The van der Waals surface area contributed by atoms with Crippen LogP contribution in [0.1, 0.15) is 69.9 Å². The molecule has 2 aromatic carbocycles. The summed E-state index contributed by atoms with van der Waals surface area (Å²) < 4.78 is 1.99. The number of hydrogen-bond acceptors (Lipinski definition) is 12. The lowest BCUT2D eigenvalue weighted by Crippen LogP contribution is -2.30. The van der Waals surface area contributed by atoms with Gasteiger partial charge in [0.25, 0.3) is 11.3 Å². The van der Waals surface area contributed by atoms with Gasteiger partial charge in [-0.3, -0.25) is 39.0 Å². The summed E-state index contributed by atoms with van der Waals surface area (Å²) in [5, 5.41) is 32.2. The molecule has 2 aliphatic heterocycles. The van der Waals surface area contributed by atoms with E-state index in [9.17, 15) is 24.5 Å². The van der Waals surface area contributed by atoms with Crippen LogP contribution < -0.4 is 21.3 Å². The smallest absolute Gasteiger partial charge is 0.287 e. The molecule has 270 valence electrons. The zero-order chi connectivity index (χ0) is 37.3. The molecule has 0 radical (unpaired) electrons. The average Bonchev–Trinajstić information content (AvgIpc) is 3.72. The molecular weight excluding hydrogens is 728 g/mol. The first-order valence-electron chi connectivity index (χ1n) is 16.3. The van der Waals surface area contributed by atoms with Gasteiger partial charge in [0.2, 0.25) is 11.8 Å². The zero-order valence-corrected chi connectivity index (χ0v) is 31.2. The van der Waals surface area contributed by atoms with Gasteiger partial charge < -0.3 is 21.3 Å². The lowest BCUT2D eigenvalue weighted by atomic mass is 9.99. The largest absolute Gasteiger partial charge is 0.383 e. The van der Waals surface area contributed by atoms with Crippen molar-refractivity contribution in [3.8, 4) is 5.00 Å². The Morgan fingerprint density at radius 1 is 1.02 bits per heavy atom. The topological polar surface area (TPSA) is 198 Å². The number of nitrogens with one attached hydrogen (secondary N) is 4. The van der Waals surface area contributed by atoms with E-state index in [4.69, 9.17) is 16.6 Å². The normalized spacial score (nSPS) is 17.6. The first-order valence-corrected chi connectivity index (χ1v) is 18.4. The van der Waals surface area contributed by atoms with E-state index in [0.29, 0.717) is 28.9 Å². The molecule has 2 aromatic heterocycles. The summed E-state index contributed by atoms with van der Waals surface area (Å²) in [6, 6.07) is 11.1. The first kappa shape index (κ1) is 36.7. The van der Waals surface area contributed by atoms with Crippen LogP contribution in [-0.4, -0.2) is 72.8 Å². The van der Waals surface area contributed by atoms with E-state index >= 15 is 0 Å². The highest BCUT2D eigenvalue weighted by molar-refractivity contribution is 8.14. The molecule has 3 atom stereocenters. The van der Waals surface area contributed by atoms with Crippen molar-refractivity contribution in [2.75, 3.05) is 23.7 Å². The van der Waals surface area contributed by atoms with Gasteiger partial charge >= 0.3 is 0 Å². The standard InChI is InChI=1S/C34H35ClN10O5S2/c1-16-18(3)51-33-28(16)29(21-6-8-22(35)9-7-21)40-26(30-43-42-19(4)44(30)33)15-27(47)37-13-12-36-23-10-11-24(25(14-23)39-20(5)46)31(48)41-34-38-17(2)32(52-34)45(49)50/h6-11,14,17,26,32,36H,12-13,15H2,1-5H3,(H,37,47)(H,39,46)(H,38,41,48). The third-order valence-corrected chi connectivity index (χ3v) is 11.2. The number of fused-ring (bicyclic) bond motifs is 3. The molecular formula is C34H35ClN10O5S2. The van der Waals surface area contributed by atoms with Gasteiger partial charge in [-0.05, 0) is 75.4 Å². The highest BCUT2D eigenvalue weighted by Gasteiger charge is 2.37. The number of halogens is 1. The first-order chi connectivity index (χ1) is 24.8. The number of thiophene rings is 1. The number of aromatic nitrogens is 3. The molecule has 4 heterocycles. The number of carbonyl (C=O) groups is 3. The van der Waals surface area contributed by atoms with Gasteiger partial charge in [-0.1, -0.05) is 23.7 Å². The Balaban J connectivity index is 1.13. The van der Waals surface area contributed by atoms with Crippen molar-refractivity contribution in [1.29, 1.82) is 0 Å². The molecule has 2 aliphatic rings. The molecule has 6 rings (SSSR count). The van der Waals surface area contributed by atoms with Crippen molar-refractivity contribution in [1.82, 2.24) is 25.4 Å². The number of benzene rings is 2. The summed E-state index contributed by atoms with van der Waals surface area (Å²) in [6.45, 7) is 9.54. The maximum Gasteiger partial charge on any atom is 0.287 e. The highest BCUT2D eigenvalue weighted by Crippen LogP contribution is 2.39. The second-order valence-electron chi connectivity index (χ2n) is 12.2. The number of nitro groups is 1. The van der Waals surface area contributed by atoms with E-state index in [0.717, 1.165) is 44.0 Å². The van der Waals surface area contributed by atoms with E-state index in [1.54, 1.807) is 30.4 Å². The minimum absolute atomic E-state index is 0.0312. The van der Waals surface area contributed by atoms with Crippen LogP contribution in [0.3, 0.4) is 0 Å². The predicted octanol–water partition coefficient (Wildman–Crippen LogP) is 5.20. The predicted molar refractivity (Wildman–Crippen MR) is 203 cm³/mol. The van der Waals surface area contributed by atoms with Gasteiger partial charge in [0.1, 0.15) is 22.9 Å². The van der Waals surface area contributed by atoms with E-state index in [-0.39, 0.29) is 41.2 Å². The maximum absolute atomic E-state index is 13.4. The lowest BCUT2D eigenvalue weighted by molar-refractivity contribution is -0.496. The fraction of sp³-hybridized carbons (Fsp3) is 0.324. The van der Waals surface area contributed by atoms with Crippen molar-refractivity contribution in [2.45, 2.75) is 58.5 Å².